The maximum absolute atomic E-state index is 12.6. The summed E-state index contributed by atoms with van der Waals surface area (Å²) >= 11 is 0. The molecule has 1 aromatic carbocycles. The number of nitrogens with zero attached hydrogens (tertiary/aromatic N) is 1. The lowest BCUT2D eigenvalue weighted by atomic mass is 9.96. The molecule has 0 aromatic heterocycles. The predicted molar refractivity (Wildman–Crippen MR) is 99.0 cm³/mol. The summed E-state index contributed by atoms with van der Waals surface area (Å²) in [6, 6.07) is 7.62. The molecular weight excluding hydrogens is 373 g/mol. The lowest BCUT2D eigenvalue weighted by Gasteiger charge is -2.33. The Morgan fingerprint density at radius 3 is 2.21 bits per heavy atom. The Morgan fingerprint density at radius 2 is 1.71 bits per heavy atom. The third kappa shape index (κ3) is 6.14. The Hall–Kier alpha value is -2.25. The minimum atomic E-state index is -4.86. The van der Waals surface area contributed by atoms with Crippen molar-refractivity contribution in [3.05, 3.63) is 29.8 Å². The highest BCUT2D eigenvalue weighted by molar-refractivity contribution is 5.82. The number of hydrogen-bond acceptors (Lipinski definition) is 3. The van der Waals surface area contributed by atoms with Crippen LogP contribution in [0.3, 0.4) is 0 Å². The van der Waals surface area contributed by atoms with Crippen LogP contribution in [0.4, 0.5) is 13.2 Å². The second-order valence-corrected chi connectivity index (χ2v) is 7.46. The van der Waals surface area contributed by atoms with Crippen molar-refractivity contribution in [2.24, 2.45) is 5.92 Å². The van der Waals surface area contributed by atoms with Crippen LogP contribution in [0.2, 0.25) is 0 Å². The molecule has 0 radical (unpaired) electrons. The lowest BCUT2D eigenvalue weighted by Crippen LogP contribution is -2.47. The molecule has 0 bridgehead atoms. The second kappa shape index (κ2) is 9.30. The molecule has 2 rings (SSSR count). The Bertz CT molecular complexity index is 666. The first-order valence-electron chi connectivity index (χ1n) is 9.48. The SMILES string of the molecule is CC(Oc1ccc(C(C)C)cc1)C(=O)N1CCC(CNC(=O)C(F)(F)F)CC1. The van der Waals surface area contributed by atoms with Gasteiger partial charge in [-0.2, -0.15) is 13.2 Å². The molecular formula is C20H27F3N2O3. The third-order valence-electron chi connectivity index (χ3n) is 4.94. The van der Waals surface area contributed by atoms with Crippen LogP contribution in [-0.2, 0) is 9.59 Å². The molecule has 1 aliphatic heterocycles. The Balaban J connectivity index is 1.78. The van der Waals surface area contributed by atoms with E-state index >= 15 is 0 Å². The summed E-state index contributed by atoms with van der Waals surface area (Å²) in [6.07, 6.45) is -4.43. The van der Waals surface area contributed by atoms with Crippen molar-refractivity contribution in [2.75, 3.05) is 19.6 Å². The number of halogens is 3. The van der Waals surface area contributed by atoms with Gasteiger partial charge in [-0.25, -0.2) is 0 Å². The largest absolute Gasteiger partial charge is 0.481 e. The molecule has 2 amide bonds. The van der Waals surface area contributed by atoms with Gasteiger partial charge in [-0.05, 0) is 49.3 Å². The van der Waals surface area contributed by atoms with Gasteiger partial charge in [0.2, 0.25) is 0 Å². The molecule has 1 fully saturated rings. The zero-order valence-corrected chi connectivity index (χ0v) is 16.4. The third-order valence-corrected chi connectivity index (χ3v) is 4.94. The number of alkyl halides is 3. The van der Waals surface area contributed by atoms with Crippen molar-refractivity contribution in [2.45, 2.75) is 51.8 Å². The van der Waals surface area contributed by atoms with Crippen molar-refractivity contribution >= 4 is 11.8 Å². The van der Waals surface area contributed by atoms with Crippen LogP contribution in [-0.4, -0.2) is 48.6 Å². The summed E-state index contributed by atoms with van der Waals surface area (Å²) < 4.78 is 42.4. The number of likely N-dealkylation sites (tertiary alicyclic amines) is 1. The number of nitrogens with one attached hydrogen (secondary N) is 1. The first-order chi connectivity index (χ1) is 13.1. The van der Waals surface area contributed by atoms with Crippen molar-refractivity contribution in [1.29, 1.82) is 0 Å². The second-order valence-electron chi connectivity index (χ2n) is 7.46. The number of amides is 2. The summed E-state index contributed by atoms with van der Waals surface area (Å²) in [5, 5.41) is 1.91. The molecule has 1 N–H and O–H groups in total. The Morgan fingerprint density at radius 1 is 1.14 bits per heavy atom. The monoisotopic (exact) mass is 400 g/mol. The van der Waals surface area contributed by atoms with Crippen LogP contribution in [0.25, 0.3) is 0 Å². The number of carbonyl (C=O) groups is 2. The molecule has 1 unspecified atom stereocenters. The Kier molecular flexibility index (Phi) is 7.32. The molecule has 0 saturated carbocycles. The normalized spacial score (nSPS) is 16.8. The summed E-state index contributed by atoms with van der Waals surface area (Å²) in [5.41, 5.74) is 1.19. The van der Waals surface area contributed by atoms with Crippen LogP contribution < -0.4 is 10.1 Å². The lowest BCUT2D eigenvalue weighted by molar-refractivity contribution is -0.173. The highest BCUT2D eigenvalue weighted by Gasteiger charge is 2.38. The maximum Gasteiger partial charge on any atom is 0.471 e. The van der Waals surface area contributed by atoms with E-state index in [9.17, 15) is 22.8 Å². The molecule has 0 aliphatic carbocycles. The maximum atomic E-state index is 12.6. The molecule has 1 atom stereocenters. The highest BCUT2D eigenvalue weighted by atomic mass is 19.4. The predicted octanol–water partition coefficient (Wildman–Crippen LogP) is 3.49. The quantitative estimate of drug-likeness (QED) is 0.795. The van der Waals surface area contributed by atoms with E-state index in [1.54, 1.807) is 11.8 Å². The van der Waals surface area contributed by atoms with Gasteiger partial charge in [-0.1, -0.05) is 26.0 Å². The van der Waals surface area contributed by atoms with Crippen LogP contribution in [0.1, 0.15) is 45.1 Å². The van der Waals surface area contributed by atoms with Crippen molar-refractivity contribution < 1.29 is 27.5 Å². The fourth-order valence-corrected chi connectivity index (χ4v) is 3.14. The van der Waals surface area contributed by atoms with E-state index in [4.69, 9.17) is 4.74 Å². The minimum Gasteiger partial charge on any atom is -0.481 e. The van der Waals surface area contributed by atoms with Crippen molar-refractivity contribution in [1.82, 2.24) is 10.2 Å². The topological polar surface area (TPSA) is 58.6 Å². The van der Waals surface area contributed by atoms with E-state index < -0.39 is 18.2 Å². The Labute approximate surface area is 163 Å². The zero-order valence-electron chi connectivity index (χ0n) is 16.4. The van der Waals surface area contributed by atoms with Gasteiger partial charge in [-0.3, -0.25) is 9.59 Å². The smallest absolute Gasteiger partial charge is 0.471 e. The average Bonchev–Trinajstić information content (AvgIpc) is 2.65. The average molecular weight is 400 g/mol. The summed E-state index contributed by atoms with van der Waals surface area (Å²) in [6.45, 7) is 6.72. The van der Waals surface area contributed by atoms with Crippen molar-refractivity contribution in [3.63, 3.8) is 0 Å². The number of ether oxygens (including phenoxy) is 1. The number of carbonyl (C=O) groups excluding carboxylic acids is 2. The molecule has 1 aromatic rings. The summed E-state index contributed by atoms with van der Waals surface area (Å²) in [4.78, 5) is 25.1. The highest BCUT2D eigenvalue weighted by Crippen LogP contribution is 2.22. The number of benzene rings is 1. The van der Waals surface area contributed by atoms with Crippen LogP contribution in [0, 0.1) is 5.92 Å². The van der Waals surface area contributed by atoms with E-state index in [-0.39, 0.29) is 18.4 Å². The molecule has 0 spiro atoms. The molecule has 28 heavy (non-hydrogen) atoms. The number of hydrogen-bond donors (Lipinski definition) is 1. The molecule has 5 nitrogen and oxygen atoms in total. The number of piperidine rings is 1. The number of rotatable bonds is 6. The first-order valence-corrected chi connectivity index (χ1v) is 9.48. The van der Waals surface area contributed by atoms with Gasteiger partial charge in [0.15, 0.2) is 6.10 Å². The van der Waals surface area contributed by atoms with Gasteiger partial charge < -0.3 is 15.0 Å². The van der Waals surface area contributed by atoms with E-state index in [1.807, 2.05) is 29.6 Å². The minimum absolute atomic E-state index is 0.0331. The van der Waals surface area contributed by atoms with Gasteiger partial charge in [0.05, 0.1) is 0 Å². The van der Waals surface area contributed by atoms with Crippen molar-refractivity contribution in [3.8, 4) is 5.75 Å². The van der Waals surface area contributed by atoms with Crippen LogP contribution >= 0.6 is 0 Å². The molecule has 156 valence electrons. The van der Waals surface area contributed by atoms with Gasteiger partial charge in [0.25, 0.3) is 5.91 Å². The molecule has 1 heterocycles. The fourth-order valence-electron chi connectivity index (χ4n) is 3.14. The van der Waals surface area contributed by atoms with Gasteiger partial charge in [0, 0.05) is 19.6 Å². The zero-order chi connectivity index (χ0) is 20.9. The van der Waals surface area contributed by atoms with E-state index in [0.717, 1.165) is 0 Å². The van der Waals surface area contributed by atoms with E-state index in [2.05, 4.69) is 13.8 Å². The molecule has 1 saturated heterocycles. The van der Waals surface area contributed by atoms with Crippen LogP contribution in [0.5, 0.6) is 5.75 Å². The van der Waals surface area contributed by atoms with E-state index in [0.29, 0.717) is 37.6 Å². The van der Waals surface area contributed by atoms with Gasteiger partial charge in [-0.15, -0.1) is 0 Å². The summed E-state index contributed by atoms with van der Waals surface area (Å²) in [5.74, 6) is -1.11. The standard InChI is InChI=1S/C20H27F3N2O3/c1-13(2)16-4-6-17(7-5-16)28-14(3)18(26)25-10-8-15(9-11-25)12-24-19(27)20(21,22)23/h4-7,13-15H,8-12H2,1-3H3,(H,24,27). The fraction of sp³-hybridized carbons (Fsp3) is 0.600. The molecule has 1 aliphatic rings. The van der Waals surface area contributed by atoms with Crippen LogP contribution in [0.15, 0.2) is 24.3 Å². The van der Waals surface area contributed by atoms with Gasteiger partial charge in [0.1, 0.15) is 5.75 Å². The first kappa shape index (κ1) is 22.0. The molecule has 8 heteroatoms. The van der Waals surface area contributed by atoms with Gasteiger partial charge >= 0.3 is 12.1 Å². The van der Waals surface area contributed by atoms with E-state index in [1.165, 1.54) is 5.56 Å². The summed E-state index contributed by atoms with van der Waals surface area (Å²) in [7, 11) is 0.